The maximum absolute atomic E-state index is 13.2. The number of piperidine rings is 1. The van der Waals surface area contributed by atoms with E-state index in [0.717, 1.165) is 23.7 Å². The maximum atomic E-state index is 13.2. The van der Waals surface area contributed by atoms with Gasteiger partial charge in [-0.1, -0.05) is 30.4 Å². The fourth-order valence-corrected chi connectivity index (χ4v) is 5.13. The molecular weight excluding hydrogens is 492 g/mol. The molecule has 8 nitrogen and oxygen atoms in total. The van der Waals surface area contributed by atoms with Gasteiger partial charge in [0.25, 0.3) is 5.91 Å². The molecule has 1 aliphatic heterocycles. The molecule has 2 atom stereocenters. The molecule has 1 saturated carbocycles. The summed E-state index contributed by atoms with van der Waals surface area (Å²) in [6, 6.07) is 6.59. The Morgan fingerprint density at radius 2 is 1.89 bits per heavy atom. The number of nitrogens with two attached hydrogens (primary N) is 1. The standard InChI is InChI=1S/C28H35ClN4O4/c1-27(2,3)37-26(36)33-14-11-18(12-15-33)7-10-24(34)28(30)13-5-4-6-23(28)32-25(35)22-17-19-16-20(29)8-9-21(19)31-22/h8-9,16-18,23,31H,4-6,11-15,30H2,1-3H3,(H,32,35). The number of ketones is 1. The molecule has 0 radical (unpaired) electrons. The van der Waals surface area contributed by atoms with Crippen LogP contribution in [0.25, 0.3) is 10.9 Å². The van der Waals surface area contributed by atoms with Crippen LogP contribution in [0.4, 0.5) is 4.79 Å². The highest BCUT2D eigenvalue weighted by atomic mass is 35.5. The van der Waals surface area contributed by atoms with Crippen LogP contribution in [0.3, 0.4) is 0 Å². The number of Topliss-reactive ketones (excluding diaryl/α,β-unsaturated/α-hetero) is 1. The molecule has 4 rings (SSSR count). The number of carbonyl (C=O) groups excluding carboxylic acids is 3. The van der Waals surface area contributed by atoms with E-state index in [4.69, 9.17) is 22.1 Å². The fourth-order valence-electron chi connectivity index (χ4n) is 4.95. The number of nitrogens with zero attached hydrogens (tertiary/aromatic N) is 1. The number of rotatable bonds is 3. The van der Waals surface area contributed by atoms with Crippen molar-refractivity contribution >= 4 is 40.3 Å². The van der Waals surface area contributed by atoms with Crippen molar-refractivity contribution in [1.29, 1.82) is 0 Å². The number of aromatic amines is 1. The second-order valence-electron chi connectivity index (χ2n) is 11.1. The lowest BCUT2D eigenvalue weighted by Crippen LogP contribution is -2.64. The van der Waals surface area contributed by atoms with Crippen LogP contribution in [0.1, 0.15) is 69.8 Å². The van der Waals surface area contributed by atoms with Crippen molar-refractivity contribution in [2.75, 3.05) is 13.1 Å². The molecule has 1 aliphatic carbocycles. The van der Waals surface area contributed by atoms with Gasteiger partial charge in [-0.05, 0) is 76.6 Å². The van der Waals surface area contributed by atoms with E-state index in [9.17, 15) is 14.4 Å². The first kappa shape index (κ1) is 27.0. The highest BCUT2D eigenvalue weighted by Crippen LogP contribution is 2.28. The van der Waals surface area contributed by atoms with Gasteiger partial charge in [-0.3, -0.25) is 9.59 Å². The summed E-state index contributed by atoms with van der Waals surface area (Å²) in [5.41, 5.74) is 6.05. The van der Waals surface area contributed by atoms with E-state index in [1.807, 2.05) is 26.8 Å². The number of aromatic nitrogens is 1. The number of ether oxygens (including phenoxy) is 1. The predicted octanol–water partition coefficient (Wildman–Crippen LogP) is 4.41. The van der Waals surface area contributed by atoms with E-state index in [1.165, 1.54) is 0 Å². The third-order valence-electron chi connectivity index (χ3n) is 7.05. The SMILES string of the molecule is CC(C)(C)OC(=O)N1CCC(C#CC(=O)C2(N)CCCCC2NC(=O)c2cc3cc(Cl)ccc3[nH]2)CC1. The zero-order valence-corrected chi connectivity index (χ0v) is 22.4. The molecule has 1 aromatic carbocycles. The Kier molecular flexibility index (Phi) is 7.86. The Hall–Kier alpha value is -3.02. The lowest BCUT2D eigenvalue weighted by atomic mass is 9.75. The number of fused-ring (bicyclic) bond motifs is 1. The molecule has 0 spiro atoms. The molecule has 1 aromatic heterocycles. The molecular formula is C28H35ClN4O4. The van der Waals surface area contributed by atoms with Gasteiger partial charge in [0.05, 0.1) is 6.04 Å². The molecule has 198 valence electrons. The number of carbonyl (C=O) groups is 3. The minimum atomic E-state index is -1.24. The molecule has 2 aliphatic rings. The lowest BCUT2D eigenvalue weighted by molar-refractivity contribution is -0.120. The fraction of sp³-hybridized carbons (Fsp3) is 0.536. The zero-order valence-electron chi connectivity index (χ0n) is 21.7. The van der Waals surface area contributed by atoms with Crippen molar-refractivity contribution in [2.45, 2.75) is 76.5 Å². The van der Waals surface area contributed by atoms with Crippen LogP contribution in [0.2, 0.25) is 5.02 Å². The van der Waals surface area contributed by atoms with Crippen molar-refractivity contribution in [3.63, 3.8) is 0 Å². The van der Waals surface area contributed by atoms with E-state index in [-0.39, 0.29) is 23.7 Å². The van der Waals surface area contributed by atoms with Crippen molar-refractivity contribution < 1.29 is 19.1 Å². The number of benzene rings is 1. The van der Waals surface area contributed by atoms with Gasteiger partial charge in [0.15, 0.2) is 0 Å². The summed E-state index contributed by atoms with van der Waals surface area (Å²) in [4.78, 5) is 43.3. The molecule has 1 saturated heterocycles. The number of likely N-dealkylation sites (tertiary alicyclic amines) is 1. The monoisotopic (exact) mass is 526 g/mol. The predicted molar refractivity (Wildman–Crippen MR) is 143 cm³/mol. The van der Waals surface area contributed by atoms with Gasteiger partial charge in [0.2, 0.25) is 5.78 Å². The molecule has 9 heteroatoms. The Morgan fingerprint density at radius 3 is 2.59 bits per heavy atom. The zero-order chi connectivity index (χ0) is 26.8. The average molecular weight is 527 g/mol. The molecule has 0 bridgehead atoms. The largest absolute Gasteiger partial charge is 0.444 e. The van der Waals surface area contributed by atoms with Crippen molar-refractivity contribution in [3.8, 4) is 11.8 Å². The topological polar surface area (TPSA) is 118 Å². The summed E-state index contributed by atoms with van der Waals surface area (Å²) in [5.74, 6) is 5.22. The van der Waals surface area contributed by atoms with E-state index in [1.54, 1.807) is 23.1 Å². The van der Waals surface area contributed by atoms with E-state index < -0.39 is 17.2 Å². The van der Waals surface area contributed by atoms with Gasteiger partial charge in [0, 0.05) is 34.9 Å². The van der Waals surface area contributed by atoms with Crippen LogP contribution >= 0.6 is 11.6 Å². The van der Waals surface area contributed by atoms with Crippen molar-refractivity contribution in [2.24, 2.45) is 11.7 Å². The third kappa shape index (κ3) is 6.46. The van der Waals surface area contributed by atoms with Crippen LogP contribution in [-0.2, 0) is 9.53 Å². The summed E-state index contributed by atoms with van der Waals surface area (Å²) < 4.78 is 5.44. The quantitative estimate of drug-likeness (QED) is 0.404. The van der Waals surface area contributed by atoms with E-state index in [2.05, 4.69) is 22.1 Å². The minimum Gasteiger partial charge on any atom is -0.444 e. The average Bonchev–Trinajstić information content (AvgIpc) is 3.26. The van der Waals surface area contributed by atoms with Crippen LogP contribution in [-0.4, -0.2) is 57.9 Å². The van der Waals surface area contributed by atoms with Crippen LogP contribution in [0.5, 0.6) is 0 Å². The summed E-state index contributed by atoms with van der Waals surface area (Å²) in [6.07, 6.45) is 3.75. The number of hydrogen-bond acceptors (Lipinski definition) is 5. The van der Waals surface area contributed by atoms with Gasteiger partial charge < -0.3 is 25.7 Å². The third-order valence-corrected chi connectivity index (χ3v) is 7.28. The number of amides is 2. The molecule has 4 N–H and O–H groups in total. The number of nitrogens with one attached hydrogen (secondary N) is 2. The maximum Gasteiger partial charge on any atom is 0.410 e. The summed E-state index contributed by atoms with van der Waals surface area (Å²) in [5, 5.41) is 4.40. The number of H-pyrrole nitrogens is 1. The normalized spacial score (nSPS) is 22.7. The van der Waals surface area contributed by atoms with E-state index in [0.29, 0.717) is 49.5 Å². The summed E-state index contributed by atoms with van der Waals surface area (Å²) >= 11 is 6.06. The number of halogens is 1. The smallest absolute Gasteiger partial charge is 0.410 e. The van der Waals surface area contributed by atoms with Crippen LogP contribution in [0, 0.1) is 17.8 Å². The van der Waals surface area contributed by atoms with Gasteiger partial charge >= 0.3 is 6.09 Å². The van der Waals surface area contributed by atoms with Gasteiger partial charge in [-0.15, -0.1) is 0 Å². The van der Waals surface area contributed by atoms with Gasteiger partial charge in [0.1, 0.15) is 16.8 Å². The lowest BCUT2D eigenvalue weighted by Gasteiger charge is -2.38. The van der Waals surface area contributed by atoms with E-state index >= 15 is 0 Å². The molecule has 2 aromatic rings. The first-order chi connectivity index (χ1) is 17.4. The highest BCUT2D eigenvalue weighted by molar-refractivity contribution is 6.31. The second-order valence-corrected chi connectivity index (χ2v) is 11.5. The van der Waals surface area contributed by atoms with Crippen molar-refractivity contribution in [1.82, 2.24) is 15.2 Å². The summed E-state index contributed by atoms with van der Waals surface area (Å²) in [7, 11) is 0. The Morgan fingerprint density at radius 1 is 1.16 bits per heavy atom. The van der Waals surface area contributed by atoms with Gasteiger partial charge in [-0.25, -0.2) is 4.79 Å². The number of hydrogen-bond donors (Lipinski definition) is 3. The second kappa shape index (κ2) is 10.8. The molecule has 2 fully saturated rings. The first-order valence-electron chi connectivity index (χ1n) is 12.9. The van der Waals surface area contributed by atoms with Gasteiger partial charge in [-0.2, -0.15) is 0 Å². The minimum absolute atomic E-state index is 0.000964. The Balaban J connectivity index is 1.38. The molecule has 2 unspecified atom stereocenters. The van der Waals surface area contributed by atoms with Crippen molar-refractivity contribution in [3.05, 3.63) is 35.0 Å². The van der Waals surface area contributed by atoms with Crippen LogP contribution < -0.4 is 11.1 Å². The molecule has 2 heterocycles. The highest BCUT2D eigenvalue weighted by Gasteiger charge is 2.44. The first-order valence-corrected chi connectivity index (χ1v) is 13.2. The Bertz CT molecular complexity index is 1250. The molecule has 37 heavy (non-hydrogen) atoms. The molecule has 2 amide bonds. The van der Waals surface area contributed by atoms with Crippen LogP contribution in [0.15, 0.2) is 24.3 Å². The summed E-state index contributed by atoms with van der Waals surface area (Å²) in [6.45, 7) is 6.59. The Labute approximate surface area is 222 Å².